The van der Waals surface area contributed by atoms with Crippen molar-refractivity contribution in [1.82, 2.24) is 15.1 Å². The van der Waals surface area contributed by atoms with Crippen LogP contribution in [0.1, 0.15) is 53.3 Å². The van der Waals surface area contributed by atoms with Gasteiger partial charge in [-0.1, -0.05) is 67.1 Å². The van der Waals surface area contributed by atoms with Gasteiger partial charge in [0, 0.05) is 36.7 Å². The molecule has 0 spiro atoms. The van der Waals surface area contributed by atoms with Gasteiger partial charge in [0.2, 0.25) is 5.91 Å². The maximum Gasteiger partial charge on any atom is 0.225 e. The molecule has 0 radical (unpaired) electrons. The molecule has 4 heteroatoms. The van der Waals surface area contributed by atoms with Crippen LogP contribution < -0.4 is 0 Å². The molecule has 2 aliphatic rings. The maximum absolute atomic E-state index is 12.8. The maximum atomic E-state index is 12.8. The Balaban J connectivity index is 1.53. The van der Waals surface area contributed by atoms with Crippen LogP contribution in [0.3, 0.4) is 0 Å². The summed E-state index contributed by atoms with van der Waals surface area (Å²) in [6.07, 6.45) is 4.15. The molecule has 1 fully saturated rings. The third kappa shape index (κ3) is 3.03. The lowest BCUT2D eigenvalue weighted by molar-refractivity contribution is -0.139. The molecule has 0 saturated heterocycles. The van der Waals surface area contributed by atoms with E-state index in [1.54, 1.807) is 0 Å². The van der Waals surface area contributed by atoms with Crippen LogP contribution in [0.2, 0.25) is 0 Å². The molecule has 0 atom stereocenters. The zero-order valence-corrected chi connectivity index (χ0v) is 16.0. The molecule has 2 aromatic carbocycles. The van der Waals surface area contributed by atoms with E-state index in [9.17, 15) is 4.79 Å². The van der Waals surface area contributed by atoms with E-state index in [1.807, 2.05) is 12.1 Å². The first-order valence-electron chi connectivity index (χ1n) is 10.3. The fourth-order valence-corrected chi connectivity index (χ4v) is 4.46. The van der Waals surface area contributed by atoms with Gasteiger partial charge in [-0.15, -0.1) is 0 Å². The minimum Gasteiger partial charge on any atom is -0.338 e. The molecule has 0 bridgehead atoms. The number of H-pyrrole nitrogens is 1. The Morgan fingerprint density at radius 1 is 1.00 bits per heavy atom. The quantitative estimate of drug-likeness (QED) is 0.744. The van der Waals surface area contributed by atoms with Gasteiger partial charge in [-0.05, 0) is 24.0 Å². The topological polar surface area (TPSA) is 49.0 Å². The fourth-order valence-electron chi connectivity index (χ4n) is 4.46. The van der Waals surface area contributed by atoms with Gasteiger partial charge in [0.15, 0.2) is 0 Å². The Hall–Kier alpha value is -2.88. The van der Waals surface area contributed by atoms with Crippen LogP contribution in [0, 0.1) is 5.92 Å². The first kappa shape index (κ1) is 17.2. The number of nitrogens with one attached hydrogen (secondary N) is 1. The largest absolute Gasteiger partial charge is 0.338 e. The number of fused-ring (bicyclic) bond motifs is 1. The Morgan fingerprint density at radius 3 is 2.21 bits per heavy atom. The van der Waals surface area contributed by atoms with Crippen molar-refractivity contribution in [2.45, 2.75) is 38.1 Å². The van der Waals surface area contributed by atoms with Crippen molar-refractivity contribution in [3.05, 3.63) is 88.7 Å². The lowest BCUT2D eigenvalue weighted by atomic mass is 9.83. The lowest BCUT2D eigenvalue weighted by Gasteiger charge is -2.34. The Kier molecular flexibility index (Phi) is 4.47. The summed E-state index contributed by atoms with van der Waals surface area (Å²) in [4.78, 5) is 14.9. The molecule has 142 valence electrons. The van der Waals surface area contributed by atoms with Gasteiger partial charge in [-0.3, -0.25) is 9.89 Å². The minimum atomic E-state index is 0.0705. The van der Waals surface area contributed by atoms with E-state index in [-0.39, 0.29) is 11.8 Å². The second-order valence-electron chi connectivity index (χ2n) is 7.96. The molecule has 1 amide bonds. The van der Waals surface area contributed by atoms with Gasteiger partial charge >= 0.3 is 0 Å². The fraction of sp³-hybridized carbons (Fsp3) is 0.333. The van der Waals surface area contributed by atoms with Crippen LogP contribution in [0.25, 0.3) is 0 Å². The van der Waals surface area contributed by atoms with Gasteiger partial charge in [-0.25, -0.2) is 0 Å². The molecule has 1 saturated carbocycles. The summed E-state index contributed by atoms with van der Waals surface area (Å²) in [5.74, 6) is 0.650. The number of rotatable bonds is 4. The van der Waals surface area contributed by atoms with E-state index in [0.717, 1.165) is 31.5 Å². The molecule has 1 N–H and O–H groups in total. The predicted octanol–water partition coefficient (Wildman–Crippen LogP) is 4.27. The second-order valence-corrected chi connectivity index (χ2v) is 7.96. The number of benzene rings is 2. The Bertz CT molecular complexity index is 921. The van der Waals surface area contributed by atoms with E-state index in [2.05, 4.69) is 58.5 Å². The normalized spacial score (nSPS) is 16.7. The first-order chi connectivity index (χ1) is 13.8. The molecule has 5 rings (SSSR count). The molecular weight excluding hydrogens is 346 g/mol. The van der Waals surface area contributed by atoms with Crippen molar-refractivity contribution in [2.75, 3.05) is 6.54 Å². The molecule has 3 aromatic rings. The highest BCUT2D eigenvalue weighted by Gasteiger charge is 2.34. The Labute approximate surface area is 165 Å². The molecule has 1 aromatic heterocycles. The third-order valence-corrected chi connectivity index (χ3v) is 6.27. The molecular formula is C24H25N3O. The van der Waals surface area contributed by atoms with Crippen LogP contribution >= 0.6 is 0 Å². The molecule has 28 heavy (non-hydrogen) atoms. The van der Waals surface area contributed by atoms with E-state index >= 15 is 0 Å². The summed E-state index contributed by atoms with van der Waals surface area (Å²) in [5, 5.41) is 8.04. The SMILES string of the molecule is O=C(C1CCC1)N1CCc2[nH]nc(C(c3ccccc3)c3ccccc3)c2C1. The van der Waals surface area contributed by atoms with Crippen molar-refractivity contribution in [3.63, 3.8) is 0 Å². The number of aromatic nitrogens is 2. The highest BCUT2D eigenvalue weighted by Crippen LogP contribution is 2.36. The van der Waals surface area contributed by atoms with E-state index in [1.165, 1.54) is 28.8 Å². The van der Waals surface area contributed by atoms with Crippen LogP contribution in [-0.2, 0) is 17.8 Å². The number of carbonyl (C=O) groups is 1. The summed E-state index contributed by atoms with van der Waals surface area (Å²) < 4.78 is 0. The average Bonchev–Trinajstić information content (AvgIpc) is 3.11. The number of aromatic amines is 1. The smallest absolute Gasteiger partial charge is 0.225 e. The standard InChI is InChI=1S/C24H25N3O/c28-24(19-12-7-13-19)27-15-14-21-20(16-27)23(26-25-21)22(17-8-3-1-4-9-17)18-10-5-2-6-11-18/h1-6,8-11,19,22H,7,12-16H2,(H,25,26). The minimum absolute atomic E-state index is 0.0705. The summed E-state index contributed by atoms with van der Waals surface area (Å²) in [6.45, 7) is 1.47. The zero-order chi connectivity index (χ0) is 18.9. The van der Waals surface area contributed by atoms with Crippen LogP contribution in [0.15, 0.2) is 60.7 Å². The molecule has 1 aliphatic carbocycles. The number of carbonyl (C=O) groups excluding carboxylic acids is 1. The lowest BCUT2D eigenvalue weighted by Crippen LogP contribution is -2.41. The Morgan fingerprint density at radius 2 is 1.64 bits per heavy atom. The predicted molar refractivity (Wildman–Crippen MR) is 109 cm³/mol. The molecule has 0 unspecified atom stereocenters. The van der Waals surface area contributed by atoms with Crippen molar-refractivity contribution < 1.29 is 4.79 Å². The summed E-state index contributed by atoms with van der Waals surface area (Å²) in [5.41, 5.74) is 5.90. The third-order valence-electron chi connectivity index (χ3n) is 6.27. The van der Waals surface area contributed by atoms with Gasteiger partial charge in [0.05, 0.1) is 11.6 Å². The van der Waals surface area contributed by atoms with Gasteiger partial charge in [0.25, 0.3) is 0 Å². The van der Waals surface area contributed by atoms with Crippen molar-refractivity contribution in [2.24, 2.45) is 5.92 Å². The van der Waals surface area contributed by atoms with Crippen molar-refractivity contribution in [3.8, 4) is 0 Å². The molecule has 2 heterocycles. The molecule has 1 aliphatic heterocycles. The average molecular weight is 371 g/mol. The number of hydrogen-bond donors (Lipinski definition) is 1. The number of amides is 1. The van der Waals surface area contributed by atoms with Crippen molar-refractivity contribution in [1.29, 1.82) is 0 Å². The first-order valence-corrected chi connectivity index (χ1v) is 10.3. The second kappa shape index (κ2) is 7.27. The van der Waals surface area contributed by atoms with E-state index < -0.39 is 0 Å². The van der Waals surface area contributed by atoms with Crippen LogP contribution in [0.5, 0.6) is 0 Å². The van der Waals surface area contributed by atoms with Crippen molar-refractivity contribution >= 4 is 5.91 Å². The highest BCUT2D eigenvalue weighted by molar-refractivity contribution is 5.80. The number of hydrogen-bond acceptors (Lipinski definition) is 2. The highest BCUT2D eigenvalue weighted by atomic mass is 16.2. The summed E-state index contributed by atoms with van der Waals surface area (Å²) >= 11 is 0. The van der Waals surface area contributed by atoms with Gasteiger partial charge in [-0.2, -0.15) is 5.10 Å². The van der Waals surface area contributed by atoms with E-state index in [0.29, 0.717) is 12.5 Å². The summed E-state index contributed by atoms with van der Waals surface area (Å²) in [6, 6.07) is 21.1. The monoisotopic (exact) mass is 371 g/mol. The number of nitrogens with zero attached hydrogens (tertiary/aromatic N) is 2. The zero-order valence-electron chi connectivity index (χ0n) is 16.0. The van der Waals surface area contributed by atoms with Crippen LogP contribution in [0.4, 0.5) is 0 Å². The summed E-state index contributed by atoms with van der Waals surface area (Å²) in [7, 11) is 0. The van der Waals surface area contributed by atoms with Gasteiger partial charge in [0.1, 0.15) is 0 Å². The van der Waals surface area contributed by atoms with E-state index in [4.69, 9.17) is 5.10 Å². The van der Waals surface area contributed by atoms with Gasteiger partial charge < -0.3 is 4.90 Å². The van der Waals surface area contributed by atoms with Crippen LogP contribution in [-0.4, -0.2) is 27.5 Å². The molecule has 4 nitrogen and oxygen atoms in total.